The van der Waals surface area contributed by atoms with Gasteiger partial charge in [0.25, 0.3) is 0 Å². The summed E-state index contributed by atoms with van der Waals surface area (Å²) in [6, 6.07) is 14.5. The number of Topliss-reactive ketones (excluding diaryl/α,β-unsaturated/α-hetero) is 2. The molecule has 1 aliphatic carbocycles. The number of amides is 3. The average molecular weight is 1090 g/mol. The SMILES string of the molecule is Cc1ncsc1-c1ccc([C@H](C)NC(=O)[C@@H]2C[C@@H](O)CN2C(=O)[C@@H](CC(=O)CCCCCCCCCCCC(=O)CCCC[C@@H](C(=O)N2CCN(c3ncnc4c3[C@H](C)C[C@H]4O)CC2)c2ccc(Cl)cc2)C(C)(C)C)cc1. The first-order valence-electron chi connectivity index (χ1n) is 28.5. The number of carbonyl (C=O) groups excluding carboxylic acids is 5. The third-order valence-corrected chi connectivity index (χ3v) is 17.5. The molecule has 7 rings (SSSR count). The molecule has 14 nitrogen and oxygen atoms in total. The number of benzene rings is 2. The molecule has 4 aromatic rings. The molecule has 3 aliphatic rings. The number of rotatable bonds is 27. The minimum Gasteiger partial charge on any atom is -0.391 e. The number of ketones is 2. The van der Waals surface area contributed by atoms with Gasteiger partial charge in [-0.1, -0.05) is 127 Å². The largest absolute Gasteiger partial charge is 0.391 e. The van der Waals surface area contributed by atoms with Gasteiger partial charge >= 0.3 is 0 Å². The quantitative estimate of drug-likeness (QED) is 0.0483. The summed E-state index contributed by atoms with van der Waals surface area (Å²) in [7, 11) is 0. The smallest absolute Gasteiger partial charge is 0.243 e. The van der Waals surface area contributed by atoms with Gasteiger partial charge < -0.3 is 30.2 Å². The normalized spacial score (nSPS) is 19.7. The Kier molecular flexibility index (Phi) is 21.8. The molecule has 0 spiro atoms. The minimum absolute atomic E-state index is 0.0539. The summed E-state index contributed by atoms with van der Waals surface area (Å²) in [5.41, 5.74) is 6.98. The molecule has 0 radical (unpaired) electrons. The monoisotopic (exact) mass is 1090 g/mol. The fourth-order valence-electron chi connectivity index (χ4n) is 11.6. The van der Waals surface area contributed by atoms with E-state index in [0.29, 0.717) is 63.3 Å². The summed E-state index contributed by atoms with van der Waals surface area (Å²) in [5, 5.41) is 24.9. The van der Waals surface area contributed by atoms with Crippen molar-refractivity contribution in [2.75, 3.05) is 37.6 Å². The number of unbranched alkanes of at least 4 members (excludes halogenated alkanes) is 9. The summed E-state index contributed by atoms with van der Waals surface area (Å²) in [6.45, 7) is 14.4. The molecule has 0 saturated carbocycles. The molecule has 0 unspecified atom stereocenters. The molecule has 2 aliphatic heterocycles. The first-order chi connectivity index (χ1) is 36.9. The molecular weight excluding hydrogens is 1010 g/mol. The van der Waals surface area contributed by atoms with Gasteiger partial charge in [-0.2, -0.15) is 0 Å². The third-order valence-electron chi connectivity index (χ3n) is 16.3. The Bertz CT molecular complexity index is 2600. The number of piperazine rings is 1. The number of fused-ring (bicyclic) bond motifs is 1. The maximum absolute atomic E-state index is 14.2. The van der Waals surface area contributed by atoms with E-state index in [-0.39, 0.29) is 66.6 Å². The van der Waals surface area contributed by atoms with Gasteiger partial charge in [0.05, 0.1) is 45.9 Å². The lowest BCUT2D eigenvalue weighted by Crippen LogP contribution is -2.50. The zero-order chi connectivity index (χ0) is 55.2. The van der Waals surface area contributed by atoms with Crippen molar-refractivity contribution < 1.29 is 34.2 Å². The molecule has 3 amide bonds. The average Bonchev–Trinajstić information content (AvgIpc) is 4.13. The number of thiazole rings is 1. The molecule has 2 aromatic carbocycles. The number of aliphatic hydroxyl groups excluding tert-OH is 2. The number of halogens is 1. The van der Waals surface area contributed by atoms with Gasteiger partial charge in [0.2, 0.25) is 17.7 Å². The topological polar surface area (TPSA) is 186 Å². The van der Waals surface area contributed by atoms with Crippen molar-refractivity contribution in [3.8, 4) is 10.4 Å². The van der Waals surface area contributed by atoms with Crippen LogP contribution in [0.3, 0.4) is 0 Å². The standard InChI is InChI=1S/C61H84ClN7O7S/c1-40-34-53(73)55-54(40)57(64-38-63-55)67-30-32-68(33-31-67)59(75)50(44-26-28-46(62)29-27-44)21-17-16-19-47(70)18-14-12-10-8-7-9-11-13-15-20-48(71)35-51(61(4,5)6)60(76)69-37-49(72)36-52(69)58(74)66-41(2)43-22-24-45(25-23-43)56-42(3)65-39-77-56/h22-29,38-41,49-53,72-73H,7-21,30-37H2,1-6H3,(H,66,74)/t40-,41+,49-,50-,51-,52+,53-/m1/s1. The highest BCUT2D eigenvalue weighted by Crippen LogP contribution is 2.43. The van der Waals surface area contributed by atoms with Crippen molar-refractivity contribution in [3.63, 3.8) is 0 Å². The van der Waals surface area contributed by atoms with Crippen molar-refractivity contribution in [1.29, 1.82) is 0 Å². The van der Waals surface area contributed by atoms with Crippen molar-refractivity contribution in [2.45, 2.75) is 193 Å². The van der Waals surface area contributed by atoms with Gasteiger partial charge in [-0.25, -0.2) is 15.0 Å². The van der Waals surface area contributed by atoms with Crippen molar-refractivity contribution in [3.05, 3.63) is 93.5 Å². The number of hydrogen-bond donors (Lipinski definition) is 3. The first-order valence-corrected chi connectivity index (χ1v) is 29.8. The summed E-state index contributed by atoms with van der Waals surface area (Å²) in [6.07, 6.45) is 13.9. The van der Waals surface area contributed by atoms with E-state index in [1.807, 2.05) is 93.6 Å². The van der Waals surface area contributed by atoms with Crippen LogP contribution in [0.1, 0.15) is 202 Å². The van der Waals surface area contributed by atoms with Crippen LogP contribution in [0.25, 0.3) is 10.4 Å². The van der Waals surface area contributed by atoms with E-state index < -0.39 is 29.6 Å². The van der Waals surface area contributed by atoms with Crippen LogP contribution >= 0.6 is 22.9 Å². The Morgan fingerprint density at radius 1 is 0.753 bits per heavy atom. The van der Waals surface area contributed by atoms with Crippen LogP contribution < -0.4 is 10.2 Å². The maximum atomic E-state index is 14.2. The second-order valence-electron chi connectivity index (χ2n) is 23.2. The number of carbonyl (C=O) groups is 5. The van der Waals surface area contributed by atoms with Gasteiger partial charge in [-0.05, 0) is 86.1 Å². The van der Waals surface area contributed by atoms with E-state index in [1.54, 1.807) is 11.3 Å². The van der Waals surface area contributed by atoms with Gasteiger partial charge in [-0.15, -0.1) is 11.3 Å². The minimum atomic E-state index is -0.817. The van der Waals surface area contributed by atoms with Gasteiger partial charge in [0.15, 0.2) is 0 Å². The maximum Gasteiger partial charge on any atom is 0.243 e. The Hall–Kier alpha value is -5.09. The van der Waals surface area contributed by atoms with Crippen LogP contribution in [0.2, 0.25) is 5.02 Å². The number of aryl methyl sites for hydroxylation is 1. The molecule has 16 heteroatoms. The van der Waals surface area contributed by atoms with E-state index in [9.17, 15) is 34.2 Å². The third kappa shape index (κ3) is 16.3. The number of nitrogens with zero attached hydrogens (tertiary/aromatic N) is 6. The predicted molar refractivity (Wildman–Crippen MR) is 305 cm³/mol. The number of aliphatic hydroxyl groups is 2. The van der Waals surface area contributed by atoms with E-state index >= 15 is 0 Å². The van der Waals surface area contributed by atoms with E-state index in [4.69, 9.17) is 11.6 Å². The van der Waals surface area contributed by atoms with Crippen LogP contribution in [0, 0.1) is 18.3 Å². The van der Waals surface area contributed by atoms with Gasteiger partial charge in [0.1, 0.15) is 29.8 Å². The Balaban J connectivity index is 0.740. The summed E-state index contributed by atoms with van der Waals surface area (Å²) in [4.78, 5) is 88.4. The number of hydrogen-bond acceptors (Lipinski definition) is 12. The van der Waals surface area contributed by atoms with E-state index in [1.165, 1.54) is 11.2 Å². The van der Waals surface area contributed by atoms with Crippen LogP contribution in [-0.2, 0) is 24.0 Å². The fourth-order valence-corrected chi connectivity index (χ4v) is 12.6. The first kappa shape index (κ1) is 59.6. The lowest BCUT2D eigenvalue weighted by atomic mass is 9.76. The summed E-state index contributed by atoms with van der Waals surface area (Å²) >= 11 is 7.82. The molecule has 2 fully saturated rings. The van der Waals surface area contributed by atoms with Crippen molar-refractivity contribution in [1.82, 2.24) is 30.1 Å². The number of nitrogens with one attached hydrogen (secondary N) is 1. The second-order valence-corrected chi connectivity index (χ2v) is 24.5. The molecule has 0 bridgehead atoms. The van der Waals surface area contributed by atoms with Crippen LogP contribution in [0.15, 0.2) is 60.4 Å². The fraction of sp³-hybridized carbons (Fsp3) is 0.607. The highest BCUT2D eigenvalue weighted by Gasteiger charge is 2.45. The van der Waals surface area contributed by atoms with Crippen LogP contribution in [0.5, 0.6) is 0 Å². The zero-order valence-electron chi connectivity index (χ0n) is 46.5. The van der Waals surface area contributed by atoms with Crippen LogP contribution in [0.4, 0.5) is 5.82 Å². The molecule has 4 heterocycles. The second kappa shape index (κ2) is 28.2. The number of anilines is 1. The van der Waals surface area contributed by atoms with Crippen molar-refractivity contribution >= 4 is 58.0 Å². The lowest BCUT2D eigenvalue weighted by molar-refractivity contribution is -0.146. The Labute approximate surface area is 466 Å². The molecular formula is C61H84ClN7O7S. The van der Waals surface area contributed by atoms with Gasteiger partial charge in [0, 0.05) is 81.3 Å². The Morgan fingerprint density at radius 3 is 1.96 bits per heavy atom. The van der Waals surface area contributed by atoms with Gasteiger partial charge in [-0.3, -0.25) is 24.0 Å². The molecule has 77 heavy (non-hydrogen) atoms. The number of β-amino-alcohol motifs (C(OH)–C–C–N with tert-alkyl or cyclic N) is 1. The number of aromatic nitrogens is 3. The summed E-state index contributed by atoms with van der Waals surface area (Å²) in [5.74, 6) is 0.0105. The van der Waals surface area contributed by atoms with E-state index in [2.05, 4.69) is 32.1 Å². The molecule has 2 saturated heterocycles. The Morgan fingerprint density at radius 2 is 1.35 bits per heavy atom. The van der Waals surface area contributed by atoms with Crippen molar-refractivity contribution in [2.24, 2.45) is 11.3 Å². The molecule has 3 N–H and O–H groups in total. The number of likely N-dealkylation sites (tertiary alicyclic amines) is 1. The highest BCUT2D eigenvalue weighted by molar-refractivity contribution is 7.13. The lowest BCUT2D eigenvalue weighted by Gasteiger charge is -2.38. The highest BCUT2D eigenvalue weighted by atomic mass is 35.5. The van der Waals surface area contributed by atoms with E-state index in [0.717, 1.165) is 115 Å². The zero-order valence-corrected chi connectivity index (χ0v) is 48.1. The molecule has 2 aromatic heterocycles. The predicted octanol–water partition coefficient (Wildman–Crippen LogP) is 11.4. The summed E-state index contributed by atoms with van der Waals surface area (Å²) < 4.78 is 0. The molecule has 7 atom stereocenters. The van der Waals surface area contributed by atoms with Crippen LogP contribution in [-0.4, -0.2) is 109 Å². The molecule has 418 valence electrons.